The Morgan fingerprint density at radius 2 is 1.68 bits per heavy atom. The van der Waals surface area contributed by atoms with Gasteiger partial charge < -0.3 is 0 Å². The van der Waals surface area contributed by atoms with Gasteiger partial charge >= 0.3 is 0 Å². The van der Waals surface area contributed by atoms with E-state index in [9.17, 15) is 0 Å². The van der Waals surface area contributed by atoms with E-state index in [0.29, 0.717) is 5.13 Å². The summed E-state index contributed by atoms with van der Waals surface area (Å²) >= 11 is 1.50. The lowest BCUT2D eigenvalue weighted by Crippen LogP contribution is -2.24. The van der Waals surface area contributed by atoms with Gasteiger partial charge in [-0.25, -0.2) is 5.84 Å². The molecule has 0 bridgehead atoms. The molecule has 0 amide bonds. The smallest absolute Gasteiger partial charge is 0.222 e. The van der Waals surface area contributed by atoms with Gasteiger partial charge in [-0.15, -0.1) is 22.6 Å². The van der Waals surface area contributed by atoms with Crippen molar-refractivity contribution in [3.05, 3.63) is 65.7 Å². The molecule has 2 N–H and O–H groups in total. The lowest BCUT2D eigenvalue weighted by Gasteiger charge is -2.07. The van der Waals surface area contributed by atoms with Gasteiger partial charge in [0.25, 0.3) is 0 Å². The molecular formula is C16H17ClN4S. The van der Waals surface area contributed by atoms with Gasteiger partial charge in [0.15, 0.2) is 0 Å². The van der Waals surface area contributed by atoms with Gasteiger partial charge in [0.2, 0.25) is 5.13 Å². The first-order valence-electron chi connectivity index (χ1n) is 6.68. The number of nitrogens with zero attached hydrogens (tertiary/aromatic N) is 3. The predicted molar refractivity (Wildman–Crippen MR) is 94.4 cm³/mol. The SMILES string of the molecule is CN(N)c1nnc(-c2ccccc2Cc2ccccc2)s1.Cl. The van der Waals surface area contributed by atoms with Crippen molar-refractivity contribution in [3.63, 3.8) is 0 Å². The molecule has 0 aliphatic heterocycles. The third-order valence-corrected chi connectivity index (χ3v) is 4.25. The molecule has 3 rings (SSSR count). The van der Waals surface area contributed by atoms with Crippen LogP contribution in [0, 0.1) is 0 Å². The molecule has 1 heterocycles. The van der Waals surface area contributed by atoms with Crippen molar-refractivity contribution in [3.8, 4) is 10.6 Å². The van der Waals surface area contributed by atoms with Crippen molar-refractivity contribution >= 4 is 28.9 Å². The average Bonchev–Trinajstić information content (AvgIpc) is 2.99. The predicted octanol–water partition coefficient (Wildman–Crippen LogP) is 3.53. The summed E-state index contributed by atoms with van der Waals surface area (Å²) in [7, 11) is 1.76. The molecule has 0 unspecified atom stereocenters. The summed E-state index contributed by atoms with van der Waals surface area (Å²) in [5, 5.41) is 11.5. The second-order valence-electron chi connectivity index (χ2n) is 4.82. The van der Waals surface area contributed by atoms with E-state index >= 15 is 0 Å². The van der Waals surface area contributed by atoms with E-state index in [0.717, 1.165) is 17.0 Å². The van der Waals surface area contributed by atoms with Crippen LogP contribution in [0.4, 0.5) is 5.13 Å². The summed E-state index contributed by atoms with van der Waals surface area (Å²) in [6.07, 6.45) is 0.879. The maximum Gasteiger partial charge on any atom is 0.222 e. The summed E-state index contributed by atoms with van der Waals surface area (Å²) in [6.45, 7) is 0. The monoisotopic (exact) mass is 332 g/mol. The summed E-state index contributed by atoms with van der Waals surface area (Å²) in [5.41, 5.74) is 3.64. The second-order valence-corrected chi connectivity index (χ2v) is 5.78. The molecule has 6 heteroatoms. The lowest BCUT2D eigenvalue weighted by atomic mass is 10.0. The normalized spacial score (nSPS) is 10.1. The number of benzene rings is 2. The Kier molecular flexibility index (Phi) is 5.49. The maximum atomic E-state index is 5.71. The number of rotatable bonds is 4. The average molecular weight is 333 g/mol. The number of anilines is 1. The first kappa shape index (κ1) is 16.4. The van der Waals surface area contributed by atoms with Crippen LogP contribution in [0.2, 0.25) is 0 Å². The molecule has 0 saturated heterocycles. The van der Waals surface area contributed by atoms with Gasteiger partial charge in [-0.1, -0.05) is 65.9 Å². The molecular weight excluding hydrogens is 316 g/mol. The van der Waals surface area contributed by atoms with Crippen molar-refractivity contribution in [2.24, 2.45) is 5.84 Å². The van der Waals surface area contributed by atoms with Crippen LogP contribution < -0.4 is 10.9 Å². The van der Waals surface area contributed by atoms with Crippen LogP contribution >= 0.6 is 23.7 Å². The Morgan fingerprint density at radius 3 is 2.36 bits per heavy atom. The summed E-state index contributed by atoms with van der Waals surface area (Å²) in [5.74, 6) is 5.71. The largest absolute Gasteiger partial charge is 0.288 e. The van der Waals surface area contributed by atoms with Crippen LogP contribution in [-0.4, -0.2) is 17.2 Å². The van der Waals surface area contributed by atoms with Gasteiger partial charge in [-0.3, -0.25) is 5.01 Å². The van der Waals surface area contributed by atoms with E-state index < -0.39 is 0 Å². The zero-order valence-electron chi connectivity index (χ0n) is 12.1. The van der Waals surface area contributed by atoms with Gasteiger partial charge in [-0.2, -0.15) is 0 Å². The number of halogens is 1. The Labute approximate surface area is 140 Å². The molecule has 114 valence electrons. The van der Waals surface area contributed by atoms with Gasteiger partial charge in [0.1, 0.15) is 5.01 Å². The molecule has 22 heavy (non-hydrogen) atoms. The fraction of sp³-hybridized carbons (Fsp3) is 0.125. The highest BCUT2D eigenvalue weighted by Crippen LogP contribution is 2.30. The highest BCUT2D eigenvalue weighted by atomic mass is 35.5. The Balaban J connectivity index is 0.00000176. The molecule has 0 saturated carbocycles. The minimum atomic E-state index is 0. The van der Waals surface area contributed by atoms with Crippen LogP contribution in [-0.2, 0) is 6.42 Å². The Bertz CT molecular complexity index is 728. The molecule has 0 aliphatic carbocycles. The molecule has 0 radical (unpaired) electrons. The number of hydrogen-bond donors (Lipinski definition) is 1. The quantitative estimate of drug-likeness (QED) is 0.586. The minimum absolute atomic E-state index is 0. The van der Waals surface area contributed by atoms with Crippen LogP contribution in [0.15, 0.2) is 54.6 Å². The van der Waals surface area contributed by atoms with E-state index in [1.54, 1.807) is 7.05 Å². The molecule has 0 fully saturated rings. The molecule has 0 aliphatic rings. The van der Waals surface area contributed by atoms with Crippen molar-refractivity contribution < 1.29 is 0 Å². The molecule has 1 aromatic heterocycles. The summed E-state index contributed by atoms with van der Waals surface area (Å²) < 4.78 is 0. The fourth-order valence-electron chi connectivity index (χ4n) is 2.17. The third kappa shape index (κ3) is 3.62. The van der Waals surface area contributed by atoms with Crippen LogP contribution in [0.1, 0.15) is 11.1 Å². The van der Waals surface area contributed by atoms with Gasteiger partial charge in [0.05, 0.1) is 0 Å². The maximum absolute atomic E-state index is 5.71. The zero-order valence-corrected chi connectivity index (χ0v) is 13.8. The van der Waals surface area contributed by atoms with E-state index in [2.05, 4.69) is 52.7 Å². The summed E-state index contributed by atoms with van der Waals surface area (Å²) in [4.78, 5) is 0. The van der Waals surface area contributed by atoms with Crippen molar-refractivity contribution in [2.45, 2.75) is 6.42 Å². The molecule has 0 spiro atoms. The molecule has 2 aromatic carbocycles. The van der Waals surface area contributed by atoms with E-state index in [-0.39, 0.29) is 12.4 Å². The van der Waals surface area contributed by atoms with Gasteiger partial charge in [0, 0.05) is 12.6 Å². The minimum Gasteiger partial charge on any atom is -0.288 e. The van der Waals surface area contributed by atoms with Crippen molar-refractivity contribution in [2.75, 3.05) is 12.1 Å². The van der Waals surface area contributed by atoms with Crippen LogP contribution in [0.5, 0.6) is 0 Å². The number of nitrogens with two attached hydrogens (primary N) is 1. The van der Waals surface area contributed by atoms with Crippen molar-refractivity contribution in [1.29, 1.82) is 0 Å². The summed E-state index contributed by atoms with van der Waals surface area (Å²) in [6, 6.07) is 18.7. The lowest BCUT2D eigenvalue weighted by molar-refractivity contribution is 0.960. The number of hydrazine groups is 1. The van der Waals surface area contributed by atoms with E-state index in [1.807, 2.05) is 12.1 Å². The van der Waals surface area contributed by atoms with Gasteiger partial charge in [-0.05, 0) is 17.5 Å². The molecule has 4 nitrogen and oxygen atoms in total. The second kappa shape index (κ2) is 7.35. The topological polar surface area (TPSA) is 55.0 Å². The first-order valence-corrected chi connectivity index (χ1v) is 7.50. The van der Waals surface area contributed by atoms with Crippen molar-refractivity contribution in [1.82, 2.24) is 10.2 Å². The standard InChI is InChI=1S/C16H16N4S.ClH/c1-20(17)16-19-18-15(21-16)14-10-6-5-9-13(14)11-12-7-3-2-4-8-12;/h2-10H,11,17H2,1H3;1H. The fourth-order valence-corrected chi connectivity index (χ4v) is 2.96. The Hall–Kier alpha value is -1.95. The molecule has 0 atom stereocenters. The number of aromatic nitrogens is 2. The van der Waals surface area contributed by atoms with E-state index in [4.69, 9.17) is 5.84 Å². The van der Waals surface area contributed by atoms with Crippen LogP contribution in [0.3, 0.4) is 0 Å². The highest BCUT2D eigenvalue weighted by molar-refractivity contribution is 7.18. The number of hydrogen-bond acceptors (Lipinski definition) is 5. The van der Waals surface area contributed by atoms with E-state index in [1.165, 1.54) is 27.5 Å². The highest BCUT2D eigenvalue weighted by Gasteiger charge is 2.12. The first-order chi connectivity index (χ1) is 10.2. The zero-order chi connectivity index (χ0) is 14.7. The Morgan fingerprint density at radius 1 is 1.00 bits per heavy atom. The molecule has 3 aromatic rings. The third-order valence-electron chi connectivity index (χ3n) is 3.20. The van der Waals surface area contributed by atoms with Crippen LogP contribution in [0.25, 0.3) is 10.6 Å².